The van der Waals surface area contributed by atoms with Crippen LogP contribution in [0.4, 0.5) is 0 Å². The molecule has 0 spiro atoms. The van der Waals surface area contributed by atoms with E-state index in [1.54, 1.807) is 0 Å². The molecule has 0 bridgehead atoms. The number of amides is 1. The van der Waals surface area contributed by atoms with Crippen molar-refractivity contribution in [2.45, 2.75) is 290 Å². The van der Waals surface area contributed by atoms with E-state index >= 15 is 0 Å². The van der Waals surface area contributed by atoms with Gasteiger partial charge < -0.3 is 19.4 Å². The Balaban J connectivity index is 5.20. The largest absolute Gasteiger partial charge is 0.472 e. The van der Waals surface area contributed by atoms with Crippen LogP contribution in [-0.4, -0.2) is 74.3 Å². The zero-order valence-electron chi connectivity index (χ0n) is 49.8. The lowest BCUT2D eigenvalue weighted by atomic mass is 10.1. The minimum absolute atomic E-state index is 0.0351. The van der Waals surface area contributed by atoms with E-state index in [4.69, 9.17) is 13.8 Å². The normalized spacial score (nSPS) is 14.2. The lowest BCUT2D eigenvalue weighted by molar-refractivity contribution is -0.870. The topological polar surface area (TPSA) is 111 Å². The molecule has 0 aromatic rings. The average molecular weight is 1070 g/mol. The van der Waals surface area contributed by atoms with Gasteiger partial charge in [-0.2, -0.15) is 0 Å². The van der Waals surface area contributed by atoms with Gasteiger partial charge in [-0.05, 0) is 102 Å². The Morgan fingerprint density at radius 3 is 1.27 bits per heavy atom. The van der Waals surface area contributed by atoms with Crippen LogP contribution in [-0.2, 0) is 27.9 Å². The summed E-state index contributed by atoms with van der Waals surface area (Å²) >= 11 is 0. The van der Waals surface area contributed by atoms with Crippen molar-refractivity contribution in [3.63, 3.8) is 0 Å². The van der Waals surface area contributed by atoms with Gasteiger partial charge in [-0.15, -0.1) is 0 Å². The molecular formula is C65H120N2O7P+. The van der Waals surface area contributed by atoms with Gasteiger partial charge >= 0.3 is 13.8 Å². The molecule has 1 amide bonds. The second-order valence-electron chi connectivity index (χ2n) is 22.2. The Morgan fingerprint density at radius 2 is 0.813 bits per heavy atom. The van der Waals surface area contributed by atoms with E-state index in [-0.39, 0.29) is 31.5 Å². The summed E-state index contributed by atoms with van der Waals surface area (Å²) in [5, 5.41) is 3.05. The molecule has 0 heterocycles. The lowest BCUT2D eigenvalue weighted by Crippen LogP contribution is -2.47. The molecular weight excluding hydrogens is 952 g/mol. The van der Waals surface area contributed by atoms with Crippen LogP contribution in [0.1, 0.15) is 278 Å². The summed E-state index contributed by atoms with van der Waals surface area (Å²) in [6.07, 6.45) is 70.4. The second-order valence-corrected chi connectivity index (χ2v) is 23.7. The van der Waals surface area contributed by atoms with Crippen LogP contribution in [0.2, 0.25) is 0 Å². The van der Waals surface area contributed by atoms with Crippen molar-refractivity contribution in [3.05, 3.63) is 72.9 Å². The van der Waals surface area contributed by atoms with Crippen molar-refractivity contribution in [1.82, 2.24) is 5.32 Å². The third kappa shape index (κ3) is 56.0. The number of ether oxygens (including phenoxy) is 1. The van der Waals surface area contributed by atoms with Gasteiger partial charge in [0, 0.05) is 12.8 Å². The van der Waals surface area contributed by atoms with E-state index in [1.807, 2.05) is 33.3 Å². The van der Waals surface area contributed by atoms with E-state index in [0.29, 0.717) is 17.4 Å². The summed E-state index contributed by atoms with van der Waals surface area (Å²) in [4.78, 5) is 37.7. The summed E-state index contributed by atoms with van der Waals surface area (Å²) in [6, 6.07) is -0.858. The maximum atomic E-state index is 13.5. The van der Waals surface area contributed by atoms with Gasteiger partial charge in [0.25, 0.3) is 0 Å². The highest BCUT2D eigenvalue weighted by Gasteiger charge is 2.30. The summed E-state index contributed by atoms with van der Waals surface area (Å²) < 4.78 is 30.7. The molecule has 9 nitrogen and oxygen atoms in total. The quantitative estimate of drug-likeness (QED) is 0.0205. The van der Waals surface area contributed by atoms with Crippen LogP contribution < -0.4 is 5.32 Å². The van der Waals surface area contributed by atoms with Crippen molar-refractivity contribution >= 4 is 19.7 Å². The number of nitrogens with one attached hydrogen (secondary N) is 1. The van der Waals surface area contributed by atoms with E-state index in [0.717, 1.165) is 103 Å². The van der Waals surface area contributed by atoms with E-state index in [2.05, 4.69) is 86.8 Å². The second kappa shape index (κ2) is 54.8. The number of allylic oxidation sites excluding steroid dienone is 11. The highest BCUT2D eigenvalue weighted by Crippen LogP contribution is 2.43. The fraction of sp³-hybridized carbons (Fsp3) is 0.785. The molecule has 10 heteroatoms. The molecule has 0 rings (SSSR count). The van der Waals surface area contributed by atoms with Gasteiger partial charge in [-0.25, -0.2) is 4.57 Å². The van der Waals surface area contributed by atoms with Crippen molar-refractivity contribution < 1.29 is 37.3 Å². The van der Waals surface area contributed by atoms with Gasteiger partial charge in [0.2, 0.25) is 5.91 Å². The summed E-state index contributed by atoms with van der Waals surface area (Å²) in [6.45, 7) is 6.96. The minimum Gasteiger partial charge on any atom is -0.456 e. The molecule has 75 heavy (non-hydrogen) atoms. The predicted octanol–water partition coefficient (Wildman–Crippen LogP) is 19.2. The Bertz CT molecular complexity index is 1510. The molecule has 3 unspecified atom stereocenters. The Hall–Kier alpha value is -2.55. The smallest absolute Gasteiger partial charge is 0.456 e. The van der Waals surface area contributed by atoms with Crippen LogP contribution in [0, 0.1) is 0 Å². The Kier molecular flexibility index (Phi) is 52.9. The van der Waals surface area contributed by atoms with Crippen molar-refractivity contribution in [3.8, 4) is 0 Å². The van der Waals surface area contributed by atoms with Crippen molar-refractivity contribution in [2.24, 2.45) is 0 Å². The Labute approximate surface area is 463 Å². The summed E-state index contributed by atoms with van der Waals surface area (Å²) in [7, 11) is 1.48. The standard InChI is InChI=1S/C65H119N2O7P/c1-7-10-13-16-19-22-25-27-29-30-31-32-33-34-35-36-38-39-42-45-48-51-54-57-64(68)66-62(61-73-75(70,71)72-60-59-67(4,5)6)63(56-53-50-47-44-41-24-21-18-15-12-9-3)74-65(69)58-55-52-49-46-43-40-37-28-26-23-20-17-14-11-8-2/h19,22-23,26-27,29,31-32,34-35,53,56,62-63H,7-18,20-21,24-25,28,30,33,36-52,54-55,57-61H2,1-6H3,(H-,66,68,70,71)/p+1/b22-19-,26-23-,29-27-,32-31-,35-34-,56-53-. The molecule has 0 aliphatic heterocycles. The van der Waals surface area contributed by atoms with Gasteiger partial charge in [0.1, 0.15) is 19.3 Å². The maximum absolute atomic E-state index is 13.5. The van der Waals surface area contributed by atoms with Gasteiger partial charge in [-0.3, -0.25) is 18.6 Å². The number of quaternary nitrogens is 1. The van der Waals surface area contributed by atoms with E-state index in [9.17, 15) is 19.0 Å². The SMILES string of the molecule is CCCCC/C=C\C/C=C\C/C=C\C/C=C\CCCCCCCCCC(=O)NC(COP(=O)(O)OCC[N+](C)(C)C)C(/C=C\CCCCCCCCCCC)OC(=O)CCCCCCCCC/C=C\CCCCCC. The highest BCUT2D eigenvalue weighted by atomic mass is 31.2. The number of carbonyl (C=O) groups excluding carboxylic acids is 2. The molecule has 0 aromatic heterocycles. The first kappa shape index (κ1) is 72.5. The molecule has 3 atom stereocenters. The first-order chi connectivity index (χ1) is 36.4. The monoisotopic (exact) mass is 1070 g/mol. The molecule has 0 aromatic carbocycles. The van der Waals surface area contributed by atoms with E-state index in [1.165, 1.54) is 141 Å². The number of phosphoric acid groups is 1. The van der Waals surface area contributed by atoms with Crippen LogP contribution >= 0.6 is 7.82 Å². The lowest BCUT2D eigenvalue weighted by Gasteiger charge is -2.27. The summed E-state index contributed by atoms with van der Waals surface area (Å²) in [5.74, 6) is -0.521. The molecule has 0 radical (unpaired) electrons. The van der Waals surface area contributed by atoms with Crippen LogP contribution in [0.3, 0.4) is 0 Å². The Morgan fingerprint density at radius 1 is 0.467 bits per heavy atom. The third-order valence-electron chi connectivity index (χ3n) is 13.6. The fourth-order valence-corrected chi connectivity index (χ4v) is 9.48. The summed E-state index contributed by atoms with van der Waals surface area (Å²) in [5.41, 5.74) is 0. The molecule has 0 aliphatic carbocycles. The maximum Gasteiger partial charge on any atom is 0.472 e. The number of unbranched alkanes of at least 4 members (excludes halogenated alkanes) is 30. The molecule has 0 fully saturated rings. The zero-order valence-corrected chi connectivity index (χ0v) is 50.7. The molecule has 0 aliphatic rings. The minimum atomic E-state index is -4.45. The van der Waals surface area contributed by atoms with Crippen LogP contribution in [0.5, 0.6) is 0 Å². The molecule has 0 saturated heterocycles. The number of esters is 1. The zero-order chi connectivity index (χ0) is 55.0. The molecule has 436 valence electrons. The number of nitrogens with zero attached hydrogens (tertiary/aromatic N) is 1. The first-order valence-corrected chi connectivity index (χ1v) is 32.8. The van der Waals surface area contributed by atoms with Crippen molar-refractivity contribution in [1.29, 1.82) is 0 Å². The van der Waals surface area contributed by atoms with Gasteiger partial charge in [0.05, 0.1) is 33.8 Å². The third-order valence-corrected chi connectivity index (χ3v) is 14.6. The van der Waals surface area contributed by atoms with Crippen molar-refractivity contribution in [2.75, 3.05) is 40.9 Å². The van der Waals surface area contributed by atoms with Gasteiger partial charge in [0.15, 0.2) is 0 Å². The van der Waals surface area contributed by atoms with Crippen LogP contribution in [0.15, 0.2) is 72.9 Å². The molecule has 2 N–H and O–H groups in total. The number of hydrogen-bond donors (Lipinski definition) is 2. The molecule has 0 saturated carbocycles. The number of hydrogen-bond acceptors (Lipinski definition) is 6. The number of phosphoric ester groups is 1. The van der Waals surface area contributed by atoms with Gasteiger partial charge in [-0.1, -0.05) is 235 Å². The number of carbonyl (C=O) groups is 2. The van der Waals surface area contributed by atoms with Crippen LogP contribution in [0.25, 0.3) is 0 Å². The predicted molar refractivity (Wildman–Crippen MR) is 323 cm³/mol. The number of likely N-dealkylation sites (N-methyl/N-ethyl adjacent to an activating group) is 1. The average Bonchev–Trinajstić information content (AvgIpc) is 3.37. The number of rotatable bonds is 56. The first-order valence-electron chi connectivity index (χ1n) is 31.3. The fourth-order valence-electron chi connectivity index (χ4n) is 8.74. The highest BCUT2D eigenvalue weighted by molar-refractivity contribution is 7.47. The van der Waals surface area contributed by atoms with E-state index < -0.39 is 20.0 Å².